The summed E-state index contributed by atoms with van der Waals surface area (Å²) in [5.74, 6) is 0.694. The number of hydrogen-bond donors (Lipinski definition) is 1. The third kappa shape index (κ3) is 4.38. The molecule has 0 saturated heterocycles. The van der Waals surface area contributed by atoms with Gasteiger partial charge < -0.3 is 10.1 Å². The maximum atomic E-state index is 8.48. The van der Waals surface area contributed by atoms with Crippen LogP contribution in [-0.2, 0) is 0 Å². The summed E-state index contributed by atoms with van der Waals surface area (Å²) >= 11 is 9.46. The average Bonchev–Trinajstić information content (AvgIpc) is 2.49. The van der Waals surface area contributed by atoms with Gasteiger partial charge in [0.25, 0.3) is 0 Å². The Balaban J connectivity index is 2.04. The Morgan fingerprint density at radius 2 is 2.00 bits per heavy atom. The van der Waals surface area contributed by atoms with Crippen LogP contribution in [0.1, 0.15) is 18.5 Å². The number of nitriles is 1. The molecule has 0 aromatic heterocycles. The first-order valence-corrected chi connectivity index (χ1v) is 7.58. The number of hydrogen-bond acceptors (Lipinski definition) is 3. The number of nitrogens with zero attached hydrogens (tertiary/aromatic N) is 1. The molecule has 21 heavy (non-hydrogen) atoms. The Labute approximate surface area is 137 Å². The van der Waals surface area contributed by atoms with Crippen LogP contribution < -0.4 is 10.1 Å². The van der Waals surface area contributed by atoms with E-state index in [1.165, 1.54) is 0 Å². The van der Waals surface area contributed by atoms with E-state index >= 15 is 0 Å². The molecule has 108 valence electrons. The van der Waals surface area contributed by atoms with Crippen LogP contribution in [0, 0.1) is 11.3 Å². The highest BCUT2D eigenvalue weighted by atomic mass is 79.9. The van der Waals surface area contributed by atoms with Crippen molar-refractivity contribution in [2.45, 2.75) is 13.0 Å². The molecule has 2 rings (SSSR count). The molecule has 0 aliphatic carbocycles. The Morgan fingerprint density at radius 1 is 1.29 bits per heavy atom. The van der Waals surface area contributed by atoms with Gasteiger partial charge in [-0.25, -0.2) is 0 Å². The minimum atomic E-state index is 0.0601. The molecule has 0 amide bonds. The van der Waals surface area contributed by atoms with Gasteiger partial charge in [-0.1, -0.05) is 23.7 Å². The highest BCUT2D eigenvalue weighted by Gasteiger charge is 2.07. The van der Waals surface area contributed by atoms with E-state index in [-0.39, 0.29) is 12.6 Å². The molecular formula is C16H14BrClN2O. The van der Waals surface area contributed by atoms with Crippen molar-refractivity contribution in [3.05, 3.63) is 57.5 Å². The second-order valence-electron chi connectivity index (χ2n) is 4.51. The summed E-state index contributed by atoms with van der Waals surface area (Å²) in [6.45, 7) is 2.13. The van der Waals surface area contributed by atoms with Gasteiger partial charge in [0.05, 0.1) is 5.02 Å². The Kier molecular flexibility index (Phi) is 5.49. The lowest BCUT2D eigenvalue weighted by atomic mass is 10.1. The average molecular weight is 366 g/mol. The maximum absolute atomic E-state index is 8.48. The topological polar surface area (TPSA) is 45.0 Å². The lowest BCUT2D eigenvalue weighted by Gasteiger charge is -2.16. The number of halogens is 2. The quantitative estimate of drug-likeness (QED) is 0.794. The van der Waals surface area contributed by atoms with Crippen molar-refractivity contribution >= 4 is 33.2 Å². The normalized spacial score (nSPS) is 11.5. The molecule has 0 heterocycles. The van der Waals surface area contributed by atoms with Crippen molar-refractivity contribution in [1.29, 1.82) is 5.26 Å². The van der Waals surface area contributed by atoms with Crippen LogP contribution in [0.5, 0.6) is 5.75 Å². The van der Waals surface area contributed by atoms with E-state index < -0.39 is 0 Å². The van der Waals surface area contributed by atoms with E-state index in [9.17, 15) is 0 Å². The standard InChI is InChI=1S/C16H14BrClN2O/c1-11(20-13-4-7-15(17)16(18)10-13)12-2-5-14(6-3-12)21-9-8-19/h2-7,10-11,20H,9H2,1H3. The molecule has 3 nitrogen and oxygen atoms in total. The van der Waals surface area contributed by atoms with Crippen LogP contribution in [-0.4, -0.2) is 6.61 Å². The van der Waals surface area contributed by atoms with E-state index in [0.29, 0.717) is 10.8 Å². The van der Waals surface area contributed by atoms with Crippen LogP contribution in [0.3, 0.4) is 0 Å². The third-order valence-corrected chi connectivity index (χ3v) is 4.22. The molecule has 0 saturated carbocycles. The molecule has 0 aliphatic heterocycles. The molecule has 0 radical (unpaired) electrons. The number of nitrogens with one attached hydrogen (secondary N) is 1. The summed E-state index contributed by atoms with van der Waals surface area (Å²) in [4.78, 5) is 0. The first-order chi connectivity index (χ1) is 10.1. The van der Waals surface area contributed by atoms with E-state index in [1.807, 2.05) is 48.5 Å². The number of ether oxygens (including phenoxy) is 1. The molecule has 0 aliphatic rings. The molecule has 0 fully saturated rings. The first kappa shape index (κ1) is 15.7. The predicted octanol–water partition coefficient (Wildman–Crippen LogP) is 5.18. The fourth-order valence-electron chi connectivity index (χ4n) is 1.89. The number of rotatable bonds is 5. The molecule has 0 spiro atoms. The summed E-state index contributed by atoms with van der Waals surface area (Å²) in [6, 6.07) is 15.5. The first-order valence-electron chi connectivity index (χ1n) is 6.41. The monoisotopic (exact) mass is 364 g/mol. The summed E-state index contributed by atoms with van der Waals surface area (Å²) in [5, 5.41) is 12.5. The lowest BCUT2D eigenvalue weighted by molar-refractivity contribution is 0.368. The minimum Gasteiger partial charge on any atom is -0.479 e. The maximum Gasteiger partial charge on any atom is 0.174 e. The van der Waals surface area contributed by atoms with Gasteiger partial charge in [-0.15, -0.1) is 0 Å². The van der Waals surface area contributed by atoms with Gasteiger partial charge >= 0.3 is 0 Å². The molecular weight excluding hydrogens is 352 g/mol. The summed E-state index contributed by atoms with van der Waals surface area (Å²) < 4.78 is 6.11. The van der Waals surface area contributed by atoms with Crippen molar-refractivity contribution in [1.82, 2.24) is 0 Å². The molecule has 1 N–H and O–H groups in total. The molecule has 5 heteroatoms. The molecule has 2 aromatic carbocycles. The lowest BCUT2D eigenvalue weighted by Crippen LogP contribution is -2.06. The van der Waals surface area contributed by atoms with E-state index in [2.05, 4.69) is 28.2 Å². The van der Waals surface area contributed by atoms with Gasteiger partial charge in [0.2, 0.25) is 0 Å². The number of anilines is 1. The summed E-state index contributed by atoms with van der Waals surface area (Å²) in [7, 11) is 0. The minimum absolute atomic E-state index is 0.0601. The Hall–Kier alpha value is -1.70. The zero-order valence-electron chi connectivity index (χ0n) is 11.4. The smallest absolute Gasteiger partial charge is 0.174 e. The zero-order valence-corrected chi connectivity index (χ0v) is 13.8. The van der Waals surface area contributed by atoms with Gasteiger partial charge in [-0.3, -0.25) is 0 Å². The van der Waals surface area contributed by atoms with Crippen molar-refractivity contribution in [2.75, 3.05) is 11.9 Å². The second-order valence-corrected chi connectivity index (χ2v) is 5.77. The molecule has 0 bridgehead atoms. The van der Waals surface area contributed by atoms with Gasteiger partial charge in [-0.05, 0) is 58.7 Å². The van der Waals surface area contributed by atoms with Crippen molar-refractivity contribution in [3.8, 4) is 11.8 Å². The fourth-order valence-corrected chi connectivity index (χ4v) is 2.31. The highest BCUT2D eigenvalue weighted by Crippen LogP contribution is 2.28. The molecule has 1 unspecified atom stereocenters. The largest absolute Gasteiger partial charge is 0.479 e. The second kappa shape index (κ2) is 7.35. The summed E-state index contributed by atoms with van der Waals surface area (Å²) in [5.41, 5.74) is 2.08. The van der Waals surface area contributed by atoms with Crippen LogP contribution in [0.4, 0.5) is 5.69 Å². The zero-order chi connectivity index (χ0) is 15.2. The molecule has 2 aromatic rings. The molecule has 1 atom stereocenters. The van der Waals surface area contributed by atoms with E-state index in [4.69, 9.17) is 21.6 Å². The Morgan fingerprint density at radius 3 is 2.62 bits per heavy atom. The van der Waals surface area contributed by atoms with Gasteiger partial charge in [0.1, 0.15) is 11.8 Å². The van der Waals surface area contributed by atoms with Gasteiger partial charge in [0.15, 0.2) is 6.61 Å². The van der Waals surface area contributed by atoms with E-state index in [1.54, 1.807) is 0 Å². The highest BCUT2D eigenvalue weighted by molar-refractivity contribution is 9.10. The Bertz CT molecular complexity index is 652. The van der Waals surface area contributed by atoms with Crippen LogP contribution in [0.15, 0.2) is 46.9 Å². The number of benzene rings is 2. The predicted molar refractivity (Wildman–Crippen MR) is 88.7 cm³/mol. The van der Waals surface area contributed by atoms with E-state index in [0.717, 1.165) is 15.7 Å². The van der Waals surface area contributed by atoms with Crippen molar-refractivity contribution < 1.29 is 4.74 Å². The van der Waals surface area contributed by atoms with Gasteiger partial charge in [0, 0.05) is 16.2 Å². The van der Waals surface area contributed by atoms with Crippen LogP contribution in [0.25, 0.3) is 0 Å². The van der Waals surface area contributed by atoms with Crippen molar-refractivity contribution in [2.24, 2.45) is 0 Å². The van der Waals surface area contributed by atoms with Crippen molar-refractivity contribution in [3.63, 3.8) is 0 Å². The summed E-state index contributed by atoms with van der Waals surface area (Å²) in [6.07, 6.45) is 0. The third-order valence-electron chi connectivity index (χ3n) is 2.99. The fraction of sp³-hybridized carbons (Fsp3) is 0.188. The van der Waals surface area contributed by atoms with Crippen LogP contribution in [0.2, 0.25) is 5.02 Å². The van der Waals surface area contributed by atoms with Gasteiger partial charge in [-0.2, -0.15) is 5.26 Å². The SMILES string of the molecule is CC(Nc1ccc(Br)c(Cl)c1)c1ccc(OCC#N)cc1. The van der Waals surface area contributed by atoms with Crippen LogP contribution >= 0.6 is 27.5 Å².